The molecule has 4 heterocycles. The van der Waals surface area contributed by atoms with Crippen molar-refractivity contribution in [2.45, 2.75) is 25.7 Å². The van der Waals surface area contributed by atoms with Crippen LogP contribution < -0.4 is 4.74 Å². The third-order valence-corrected chi connectivity index (χ3v) is 6.53. The maximum atomic E-state index is 12.9. The van der Waals surface area contributed by atoms with Crippen molar-refractivity contribution in [1.29, 1.82) is 0 Å². The van der Waals surface area contributed by atoms with Gasteiger partial charge in [-0.3, -0.25) is 9.48 Å². The molecule has 35 heavy (non-hydrogen) atoms. The van der Waals surface area contributed by atoms with Crippen LogP contribution in [0, 0.1) is 0 Å². The molecule has 0 saturated heterocycles. The maximum absolute atomic E-state index is 12.9. The monoisotopic (exact) mass is 503 g/mol. The minimum absolute atomic E-state index is 0.0668. The fourth-order valence-corrected chi connectivity index (χ4v) is 4.75. The molecule has 0 atom stereocenters. The zero-order valence-electron chi connectivity index (χ0n) is 18.8. The van der Waals surface area contributed by atoms with Gasteiger partial charge in [0, 0.05) is 42.7 Å². The van der Waals surface area contributed by atoms with Crippen LogP contribution >= 0.6 is 11.3 Å². The molecule has 182 valence electrons. The van der Waals surface area contributed by atoms with Crippen LogP contribution in [0.25, 0.3) is 33.2 Å². The number of rotatable bonds is 5. The van der Waals surface area contributed by atoms with E-state index in [0.717, 1.165) is 32.6 Å². The van der Waals surface area contributed by atoms with E-state index in [4.69, 9.17) is 4.74 Å². The summed E-state index contributed by atoms with van der Waals surface area (Å²) >= 11 is 1.29. The number of halogens is 3. The Morgan fingerprint density at radius 2 is 2.06 bits per heavy atom. The van der Waals surface area contributed by atoms with Crippen LogP contribution in [0.5, 0.6) is 5.75 Å². The lowest BCUT2D eigenvalue weighted by molar-refractivity contribution is -0.142. The molecule has 5 rings (SSSR count). The molecular weight excluding hydrogens is 483 g/mol. The van der Waals surface area contributed by atoms with Crippen LogP contribution in [0.15, 0.2) is 36.9 Å². The van der Waals surface area contributed by atoms with Crippen LogP contribution in [-0.2, 0) is 24.3 Å². The molecular formula is C22H20F3N7O2S. The molecule has 0 saturated carbocycles. The summed E-state index contributed by atoms with van der Waals surface area (Å²) in [6.45, 7) is -0.696. The average Bonchev–Trinajstić information content (AvgIpc) is 3.51. The van der Waals surface area contributed by atoms with Crippen LogP contribution in [-0.4, -0.2) is 67.2 Å². The van der Waals surface area contributed by atoms with Crippen molar-refractivity contribution in [2.24, 2.45) is 0 Å². The van der Waals surface area contributed by atoms with Gasteiger partial charge in [0.2, 0.25) is 5.91 Å². The summed E-state index contributed by atoms with van der Waals surface area (Å²) in [5, 5.41) is 8.36. The molecule has 1 aromatic carbocycles. The van der Waals surface area contributed by atoms with Gasteiger partial charge in [-0.15, -0.1) is 11.3 Å². The van der Waals surface area contributed by atoms with E-state index in [9.17, 15) is 18.0 Å². The molecule has 3 aromatic heterocycles. The van der Waals surface area contributed by atoms with Crippen LogP contribution in [0.2, 0.25) is 0 Å². The van der Waals surface area contributed by atoms with E-state index in [0.29, 0.717) is 29.5 Å². The first-order valence-corrected chi connectivity index (χ1v) is 11.4. The standard InChI is InChI=1S/C22H20F3N7O2S/c1-30(2)18(33)10-31-9-14(8-27-31)13-3-4-15-16(7-13)34-6-5-17-19(15)29-21(35-17)20-26-12-28-32(20)11-22(23,24)25/h3-4,7-9,12H,5-6,10-11H2,1-2H3. The zero-order chi connectivity index (χ0) is 24.7. The highest BCUT2D eigenvalue weighted by Gasteiger charge is 2.31. The van der Waals surface area contributed by atoms with E-state index in [-0.39, 0.29) is 18.3 Å². The smallest absolute Gasteiger partial charge is 0.408 e. The summed E-state index contributed by atoms with van der Waals surface area (Å²) < 4.78 is 47.1. The summed E-state index contributed by atoms with van der Waals surface area (Å²) in [4.78, 5) is 23.0. The largest absolute Gasteiger partial charge is 0.492 e. The minimum atomic E-state index is -4.42. The van der Waals surface area contributed by atoms with Crippen molar-refractivity contribution in [3.8, 4) is 39.0 Å². The Balaban J connectivity index is 1.45. The van der Waals surface area contributed by atoms with Crippen molar-refractivity contribution in [2.75, 3.05) is 20.7 Å². The van der Waals surface area contributed by atoms with E-state index in [1.165, 1.54) is 16.2 Å². The summed E-state index contributed by atoms with van der Waals surface area (Å²) in [5.74, 6) is 0.633. The maximum Gasteiger partial charge on any atom is 0.408 e. The fourth-order valence-electron chi connectivity index (χ4n) is 3.69. The third kappa shape index (κ3) is 4.76. The summed E-state index contributed by atoms with van der Waals surface area (Å²) in [5.41, 5.74) is 3.10. The third-order valence-electron chi connectivity index (χ3n) is 5.42. The fraction of sp³-hybridized carbons (Fsp3) is 0.318. The van der Waals surface area contributed by atoms with Gasteiger partial charge in [-0.1, -0.05) is 6.07 Å². The number of aromatic nitrogens is 6. The molecule has 0 bridgehead atoms. The molecule has 0 fully saturated rings. The number of ether oxygens (including phenoxy) is 1. The Labute approximate surface area is 201 Å². The highest BCUT2D eigenvalue weighted by Crippen LogP contribution is 2.41. The number of carbonyl (C=O) groups excluding carboxylic acids is 1. The van der Waals surface area contributed by atoms with Gasteiger partial charge in [0.15, 0.2) is 10.8 Å². The number of hydrogen-bond acceptors (Lipinski definition) is 7. The number of alkyl halides is 3. The number of nitrogens with zero attached hydrogens (tertiary/aromatic N) is 7. The van der Waals surface area contributed by atoms with Crippen molar-refractivity contribution < 1.29 is 22.7 Å². The number of benzene rings is 1. The van der Waals surface area contributed by atoms with E-state index in [1.807, 2.05) is 18.2 Å². The number of fused-ring (bicyclic) bond motifs is 3. The lowest BCUT2D eigenvalue weighted by Gasteiger charge is -2.10. The first kappa shape index (κ1) is 23.0. The van der Waals surface area contributed by atoms with E-state index in [1.54, 1.807) is 31.2 Å². The van der Waals surface area contributed by atoms with Gasteiger partial charge in [0.05, 0.1) is 18.5 Å². The summed E-state index contributed by atoms with van der Waals surface area (Å²) in [7, 11) is 3.38. The molecule has 0 N–H and O–H groups in total. The second-order valence-corrected chi connectivity index (χ2v) is 9.26. The second-order valence-electron chi connectivity index (χ2n) is 8.17. The zero-order valence-corrected chi connectivity index (χ0v) is 19.6. The predicted octanol–water partition coefficient (Wildman–Crippen LogP) is 3.52. The normalized spacial score (nSPS) is 13.1. The molecule has 0 radical (unpaired) electrons. The lowest BCUT2D eigenvalue weighted by atomic mass is 10.0. The second kappa shape index (κ2) is 8.80. The molecule has 0 unspecified atom stereocenters. The Morgan fingerprint density at radius 3 is 2.83 bits per heavy atom. The molecule has 0 spiro atoms. The van der Waals surface area contributed by atoms with Crippen LogP contribution in [0.1, 0.15) is 4.88 Å². The molecule has 13 heteroatoms. The Bertz CT molecular complexity index is 1390. The Hall–Kier alpha value is -3.74. The quantitative estimate of drug-likeness (QED) is 0.414. The van der Waals surface area contributed by atoms with Gasteiger partial charge in [-0.25, -0.2) is 14.6 Å². The SMILES string of the molecule is CN(C)C(=O)Cn1cc(-c2ccc3c(c2)OCCc2sc(-c4ncnn4CC(F)(F)F)nc2-3)cn1. The topological polar surface area (TPSA) is 91.0 Å². The van der Waals surface area contributed by atoms with Crippen LogP contribution in [0.3, 0.4) is 0 Å². The Kier molecular flexibility index (Phi) is 5.79. The first-order valence-electron chi connectivity index (χ1n) is 10.6. The number of thiazole rings is 1. The first-order chi connectivity index (χ1) is 16.7. The van der Waals surface area contributed by atoms with Crippen molar-refractivity contribution >= 4 is 17.2 Å². The van der Waals surface area contributed by atoms with Gasteiger partial charge < -0.3 is 9.64 Å². The van der Waals surface area contributed by atoms with Crippen molar-refractivity contribution in [3.05, 3.63) is 41.8 Å². The van der Waals surface area contributed by atoms with E-state index in [2.05, 4.69) is 20.2 Å². The molecule has 4 aromatic rings. The lowest BCUT2D eigenvalue weighted by Crippen LogP contribution is -2.26. The van der Waals surface area contributed by atoms with Crippen LogP contribution in [0.4, 0.5) is 13.2 Å². The average molecular weight is 504 g/mol. The molecule has 9 nitrogen and oxygen atoms in total. The van der Waals surface area contributed by atoms with Gasteiger partial charge >= 0.3 is 6.18 Å². The highest BCUT2D eigenvalue weighted by atomic mass is 32.1. The molecule has 1 aliphatic rings. The van der Waals surface area contributed by atoms with E-state index >= 15 is 0 Å². The molecule has 0 aliphatic carbocycles. The van der Waals surface area contributed by atoms with Crippen molar-refractivity contribution in [1.82, 2.24) is 34.4 Å². The van der Waals surface area contributed by atoms with Gasteiger partial charge in [0.1, 0.15) is 25.2 Å². The Morgan fingerprint density at radius 1 is 1.23 bits per heavy atom. The van der Waals surface area contributed by atoms with E-state index < -0.39 is 12.7 Å². The minimum Gasteiger partial charge on any atom is -0.492 e. The summed E-state index contributed by atoms with van der Waals surface area (Å²) in [6.07, 6.45) is 0.723. The van der Waals surface area contributed by atoms with Gasteiger partial charge in [0.25, 0.3) is 0 Å². The van der Waals surface area contributed by atoms with Crippen molar-refractivity contribution in [3.63, 3.8) is 0 Å². The number of carbonyl (C=O) groups is 1. The number of hydrogen-bond donors (Lipinski definition) is 0. The highest BCUT2D eigenvalue weighted by molar-refractivity contribution is 7.15. The predicted molar refractivity (Wildman–Crippen MR) is 122 cm³/mol. The molecule has 1 amide bonds. The van der Waals surface area contributed by atoms with Gasteiger partial charge in [-0.2, -0.15) is 23.4 Å². The number of amides is 1. The van der Waals surface area contributed by atoms with Gasteiger partial charge in [-0.05, 0) is 17.7 Å². The molecule has 1 aliphatic heterocycles. The summed E-state index contributed by atoms with van der Waals surface area (Å²) in [6, 6.07) is 5.66. The number of likely N-dealkylation sites (N-methyl/N-ethyl adjacent to an activating group) is 1.